The van der Waals surface area contributed by atoms with Crippen molar-refractivity contribution in [2.45, 2.75) is 97.0 Å². The van der Waals surface area contributed by atoms with Gasteiger partial charge in [0.25, 0.3) is 0 Å². The Morgan fingerprint density at radius 2 is 1.40 bits per heavy atom. The third kappa shape index (κ3) is 12.5. The number of hydrogen-bond acceptors (Lipinski definition) is 4. The molecule has 192 valence electrons. The van der Waals surface area contributed by atoms with Gasteiger partial charge in [0.2, 0.25) is 0 Å². The Labute approximate surface area is 212 Å². The lowest BCUT2D eigenvalue weighted by Gasteiger charge is -2.14. The van der Waals surface area contributed by atoms with E-state index in [0.29, 0.717) is 17.9 Å². The van der Waals surface area contributed by atoms with Crippen LogP contribution in [0.4, 0.5) is 0 Å². The van der Waals surface area contributed by atoms with Crippen molar-refractivity contribution in [2.75, 3.05) is 6.61 Å². The first-order valence-corrected chi connectivity index (χ1v) is 13.4. The highest BCUT2D eigenvalue weighted by molar-refractivity contribution is 5.91. The topological polar surface area (TPSA) is 44.8 Å². The van der Waals surface area contributed by atoms with Gasteiger partial charge in [0.1, 0.15) is 17.2 Å². The van der Waals surface area contributed by atoms with Crippen molar-refractivity contribution in [3.8, 4) is 17.2 Å². The molecule has 0 saturated carbocycles. The van der Waals surface area contributed by atoms with Gasteiger partial charge in [0, 0.05) is 0 Å². The molecule has 0 saturated heterocycles. The molecule has 0 aliphatic heterocycles. The molecule has 4 nitrogen and oxygen atoms in total. The summed E-state index contributed by atoms with van der Waals surface area (Å²) in [5, 5.41) is 0. The summed E-state index contributed by atoms with van der Waals surface area (Å²) in [6, 6.07) is 14.4. The van der Waals surface area contributed by atoms with Crippen molar-refractivity contribution < 1.29 is 19.0 Å². The molecule has 0 radical (unpaired) electrons. The predicted molar refractivity (Wildman–Crippen MR) is 145 cm³/mol. The van der Waals surface area contributed by atoms with Crippen LogP contribution >= 0.6 is 0 Å². The second kappa shape index (κ2) is 17.7. The minimum absolute atomic E-state index is 0.165. The highest BCUT2D eigenvalue weighted by atomic mass is 16.5. The molecule has 2 aromatic rings. The molecule has 0 fully saturated rings. The zero-order valence-electron chi connectivity index (χ0n) is 21.8. The minimum Gasteiger partial charge on any atom is -0.494 e. The van der Waals surface area contributed by atoms with Crippen LogP contribution < -0.4 is 14.2 Å². The third-order valence-corrected chi connectivity index (χ3v) is 6.00. The molecule has 35 heavy (non-hydrogen) atoms. The predicted octanol–water partition coefficient (Wildman–Crippen LogP) is 8.94. The van der Waals surface area contributed by atoms with Crippen LogP contribution in [0.25, 0.3) is 0 Å². The number of allylic oxidation sites excluding steroid dienone is 1. The summed E-state index contributed by atoms with van der Waals surface area (Å²) in [5.74, 6) is 1.69. The van der Waals surface area contributed by atoms with Crippen LogP contribution in [0.1, 0.15) is 101 Å². The fourth-order valence-corrected chi connectivity index (χ4v) is 3.88. The molecule has 0 aliphatic rings. The van der Waals surface area contributed by atoms with Gasteiger partial charge in [-0.3, -0.25) is 0 Å². The highest BCUT2D eigenvalue weighted by Crippen LogP contribution is 2.21. The second-order valence-electron chi connectivity index (χ2n) is 9.21. The first kappa shape index (κ1) is 28.5. The smallest absolute Gasteiger partial charge is 0.343 e. The van der Waals surface area contributed by atoms with E-state index in [-0.39, 0.29) is 12.1 Å². The maximum absolute atomic E-state index is 12.5. The van der Waals surface area contributed by atoms with E-state index in [1.165, 1.54) is 57.8 Å². The number of hydrogen-bond donors (Lipinski definition) is 0. The van der Waals surface area contributed by atoms with Crippen molar-refractivity contribution in [1.29, 1.82) is 0 Å². The molecule has 0 bridgehead atoms. The Balaban J connectivity index is 1.66. The van der Waals surface area contributed by atoms with Gasteiger partial charge < -0.3 is 14.2 Å². The van der Waals surface area contributed by atoms with Crippen molar-refractivity contribution in [2.24, 2.45) is 0 Å². The van der Waals surface area contributed by atoms with E-state index in [4.69, 9.17) is 14.2 Å². The van der Waals surface area contributed by atoms with Crippen LogP contribution in [0.2, 0.25) is 0 Å². The normalized spacial score (nSPS) is 11.6. The Kier molecular flexibility index (Phi) is 14.4. The monoisotopic (exact) mass is 480 g/mol. The SMILES string of the molecule is C=CCCCCCCCCOc1ccc(OC(=O)c2ccc(O[C@@H](C)CCCCCC)cc2)cc1. The molecule has 0 aromatic heterocycles. The van der Waals surface area contributed by atoms with Crippen molar-refractivity contribution >= 4 is 5.97 Å². The van der Waals surface area contributed by atoms with Gasteiger partial charge in [-0.05, 0) is 87.6 Å². The average molecular weight is 481 g/mol. The van der Waals surface area contributed by atoms with Crippen LogP contribution in [0.3, 0.4) is 0 Å². The van der Waals surface area contributed by atoms with Gasteiger partial charge in [0.15, 0.2) is 0 Å². The molecular weight excluding hydrogens is 436 g/mol. The Morgan fingerprint density at radius 3 is 2.09 bits per heavy atom. The Bertz CT molecular complexity index is 826. The number of unbranched alkanes of at least 4 members (excludes halogenated alkanes) is 9. The Hall–Kier alpha value is -2.75. The molecule has 0 aliphatic carbocycles. The first-order valence-electron chi connectivity index (χ1n) is 13.4. The quantitative estimate of drug-likeness (QED) is 0.0871. The number of carbonyl (C=O) groups is 1. The van der Waals surface area contributed by atoms with E-state index in [1.807, 2.05) is 30.3 Å². The molecule has 0 N–H and O–H groups in total. The maximum atomic E-state index is 12.5. The number of carbonyl (C=O) groups excluding carboxylic acids is 1. The molecule has 1 atom stereocenters. The summed E-state index contributed by atoms with van der Waals surface area (Å²) in [6.45, 7) is 8.77. The molecule has 0 unspecified atom stereocenters. The lowest BCUT2D eigenvalue weighted by atomic mass is 10.1. The number of rotatable bonds is 19. The molecule has 0 amide bonds. The summed E-state index contributed by atoms with van der Waals surface area (Å²) < 4.78 is 17.3. The molecule has 2 rings (SSSR count). The fraction of sp³-hybridized carbons (Fsp3) is 0.516. The van der Waals surface area contributed by atoms with Crippen LogP contribution in [0.15, 0.2) is 61.2 Å². The molecule has 4 heteroatoms. The van der Waals surface area contributed by atoms with E-state index >= 15 is 0 Å². The van der Waals surface area contributed by atoms with Gasteiger partial charge in [-0.2, -0.15) is 0 Å². The van der Waals surface area contributed by atoms with Gasteiger partial charge in [0.05, 0.1) is 18.3 Å². The lowest BCUT2D eigenvalue weighted by Crippen LogP contribution is -2.12. The fourth-order valence-electron chi connectivity index (χ4n) is 3.88. The van der Waals surface area contributed by atoms with E-state index in [2.05, 4.69) is 20.4 Å². The van der Waals surface area contributed by atoms with Crippen LogP contribution in [-0.4, -0.2) is 18.7 Å². The Morgan fingerprint density at radius 1 is 0.800 bits per heavy atom. The van der Waals surface area contributed by atoms with Gasteiger partial charge in [-0.25, -0.2) is 4.79 Å². The van der Waals surface area contributed by atoms with Crippen molar-refractivity contribution in [3.63, 3.8) is 0 Å². The summed E-state index contributed by atoms with van der Waals surface area (Å²) in [7, 11) is 0. The minimum atomic E-state index is -0.383. The molecule has 0 spiro atoms. The van der Waals surface area contributed by atoms with E-state index in [9.17, 15) is 4.79 Å². The summed E-state index contributed by atoms with van der Waals surface area (Å²) in [6.07, 6.45) is 16.6. The zero-order chi connectivity index (χ0) is 25.1. The lowest BCUT2D eigenvalue weighted by molar-refractivity contribution is 0.0734. The van der Waals surface area contributed by atoms with Gasteiger partial charge in [-0.1, -0.05) is 57.9 Å². The van der Waals surface area contributed by atoms with Crippen LogP contribution in [-0.2, 0) is 0 Å². The molecule has 2 aromatic carbocycles. The van der Waals surface area contributed by atoms with Crippen LogP contribution in [0, 0.1) is 0 Å². The summed E-state index contributed by atoms with van der Waals surface area (Å²) in [4.78, 5) is 12.5. The van der Waals surface area contributed by atoms with Crippen molar-refractivity contribution in [3.05, 3.63) is 66.7 Å². The van der Waals surface area contributed by atoms with Gasteiger partial charge >= 0.3 is 5.97 Å². The molecule has 0 heterocycles. The third-order valence-electron chi connectivity index (χ3n) is 6.00. The zero-order valence-corrected chi connectivity index (χ0v) is 21.8. The summed E-state index contributed by atoms with van der Waals surface area (Å²) in [5.41, 5.74) is 0.498. The molecular formula is C31H44O4. The van der Waals surface area contributed by atoms with E-state index in [1.54, 1.807) is 24.3 Å². The van der Waals surface area contributed by atoms with E-state index in [0.717, 1.165) is 30.8 Å². The maximum Gasteiger partial charge on any atom is 0.343 e. The highest BCUT2D eigenvalue weighted by Gasteiger charge is 2.10. The number of ether oxygens (including phenoxy) is 3. The first-order chi connectivity index (χ1) is 17.1. The van der Waals surface area contributed by atoms with Crippen molar-refractivity contribution in [1.82, 2.24) is 0 Å². The summed E-state index contributed by atoms with van der Waals surface area (Å²) >= 11 is 0. The largest absolute Gasteiger partial charge is 0.494 e. The number of esters is 1. The van der Waals surface area contributed by atoms with E-state index < -0.39 is 0 Å². The van der Waals surface area contributed by atoms with Crippen LogP contribution in [0.5, 0.6) is 17.2 Å². The van der Waals surface area contributed by atoms with Gasteiger partial charge in [-0.15, -0.1) is 6.58 Å². The number of benzene rings is 2. The average Bonchev–Trinajstić information content (AvgIpc) is 2.87. The standard InChI is InChI=1S/C31H44O4/c1-4-6-8-10-11-12-13-15-25-33-28-21-23-30(24-22-28)35-31(32)27-17-19-29(20-18-27)34-26(3)16-14-9-7-5-2/h4,17-24,26H,1,5-16,25H2,2-3H3/t26-/m0/s1. The second-order valence-corrected chi connectivity index (χ2v) is 9.21.